The summed E-state index contributed by atoms with van der Waals surface area (Å²) in [7, 11) is 0. The van der Waals surface area contributed by atoms with E-state index in [2.05, 4.69) is 15.4 Å². The zero-order chi connectivity index (χ0) is 17.9. The fourth-order valence-electron chi connectivity index (χ4n) is 2.28. The van der Waals surface area contributed by atoms with Crippen molar-refractivity contribution in [2.45, 2.75) is 33.5 Å². The zero-order valence-electron chi connectivity index (χ0n) is 13.7. The molecule has 130 valence electrons. The number of aryl methyl sites for hydroxylation is 2. The number of rotatable bonds is 5. The van der Waals surface area contributed by atoms with E-state index >= 15 is 0 Å². The molecule has 0 fully saturated rings. The molecule has 8 heteroatoms. The van der Waals surface area contributed by atoms with Crippen LogP contribution in [0.25, 0.3) is 0 Å². The first-order valence-electron chi connectivity index (χ1n) is 7.49. The molecule has 0 bridgehead atoms. The van der Waals surface area contributed by atoms with E-state index in [1.807, 2.05) is 31.5 Å². The predicted molar refractivity (Wildman–Crippen MR) is 82.4 cm³/mol. The normalized spacial score (nSPS) is 12.9. The zero-order valence-corrected chi connectivity index (χ0v) is 13.7. The van der Waals surface area contributed by atoms with Crippen molar-refractivity contribution in [1.29, 1.82) is 0 Å². The van der Waals surface area contributed by atoms with Gasteiger partial charge in [0, 0.05) is 25.0 Å². The molecule has 0 aromatic carbocycles. The van der Waals surface area contributed by atoms with E-state index in [-0.39, 0.29) is 11.5 Å². The predicted octanol–water partition coefficient (Wildman–Crippen LogP) is 2.98. The van der Waals surface area contributed by atoms with Gasteiger partial charge in [-0.3, -0.25) is 14.5 Å². The molecular weight excluding hydrogens is 321 g/mol. The Labute approximate surface area is 137 Å². The van der Waals surface area contributed by atoms with Gasteiger partial charge in [0.15, 0.2) is 0 Å². The van der Waals surface area contributed by atoms with Crippen molar-refractivity contribution in [2.75, 3.05) is 6.54 Å². The van der Waals surface area contributed by atoms with Crippen LogP contribution in [0.3, 0.4) is 0 Å². The first-order chi connectivity index (χ1) is 11.2. The van der Waals surface area contributed by atoms with Crippen LogP contribution in [0.4, 0.5) is 13.2 Å². The third-order valence-corrected chi connectivity index (χ3v) is 3.52. The molecule has 2 aromatic rings. The second-order valence-corrected chi connectivity index (χ2v) is 5.85. The summed E-state index contributed by atoms with van der Waals surface area (Å²) in [5.74, 6) is -0.328. The average molecular weight is 340 g/mol. The number of hydrogen-bond acceptors (Lipinski definition) is 3. The number of carbonyl (C=O) groups is 1. The molecule has 2 aromatic heterocycles. The smallest absolute Gasteiger partial charge is 0.352 e. The monoisotopic (exact) mass is 340 g/mol. The number of pyridine rings is 1. The maximum atomic E-state index is 12.4. The summed E-state index contributed by atoms with van der Waals surface area (Å²) in [4.78, 5) is 15.3. The quantitative estimate of drug-likeness (QED) is 0.910. The molecule has 0 radical (unpaired) electrons. The van der Waals surface area contributed by atoms with Crippen molar-refractivity contribution in [3.63, 3.8) is 0 Å². The highest BCUT2D eigenvalue weighted by Gasteiger charge is 2.32. The molecule has 1 atom stereocenters. The molecule has 0 aliphatic heterocycles. The molecule has 0 aliphatic rings. The van der Waals surface area contributed by atoms with Crippen LogP contribution in [0.5, 0.6) is 0 Å². The highest BCUT2D eigenvalue weighted by molar-refractivity contribution is 5.93. The van der Waals surface area contributed by atoms with Crippen molar-refractivity contribution >= 4 is 5.91 Å². The SMILES string of the molecule is Cc1cc(C)n(CC(C)CNC(=O)c2ccc(C(F)(F)F)nc2)n1. The van der Waals surface area contributed by atoms with E-state index in [0.29, 0.717) is 13.1 Å². The Hall–Kier alpha value is -2.38. The van der Waals surface area contributed by atoms with E-state index in [4.69, 9.17) is 0 Å². The van der Waals surface area contributed by atoms with Crippen LogP contribution in [0.1, 0.15) is 34.4 Å². The summed E-state index contributed by atoms with van der Waals surface area (Å²) in [5.41, 5.74) is 1.05. The van der Waals surface area contributed by atoms with E-state index < -0.39 is 17.8 Å². The molecule has 0 spiro atoms. The Bertz CT molecular complexity index is 707. The van der Waals surface area contributed by atoms with Crippen molar-refractivity contribution in [1.82, 2.24) is 20.1 Å². The van der Waals surface area contributed by atoms with Crippen molar-refractivity contribution in [3.8, 4) is 0 Å². The Kier molecular flexibility index (Phi) is 5.26. The fraction of sp³-hybridized carbons (Fsp3) is 0.438. The van der Waals surface area contributed by atoms with Gasteiger partial charge in [0.25, 0.3) is 5.91 Å². The van der Waals surface area contributed by atoms with Gasteiger partial charge in [-0.15, -0.1) is 0 Å². The van der Waals surface area contributed by atoms with Crippen LogP contribution in [-0.4, -0.2) is 27.2 Å². The highest BCUT2D eigenvalue weighted by atomic mass is 19.4. The molecule has 2 heterocycles. The molecule has 0 saturated heterocycles. The number of alkyl halides is 3. The van der Waals surface area contributed by atoms with Crippen LogP contribution < -0.4 is 5.32 Å². The molecular formula is C16H19F3N4O. The topological polar surface area (TPSA) is 59.8 Å². The van der Waals surface area contributed by atoms with Gasteiger partial charge in [0.2, 0.25) is 0 Å². The number of nitrogens with one attached hydrogen (secondary N) is 1. The van der Waals surface area contributed by atoms with Gasteiger partial charge in [-0.05, 0) is 38.0 Å². The highest BCUT2D eigenvalue weighted by Crippen LogP contribution is 2.27. The number of nitrogens with zero attached hydrogens (tertiary/aromatic N) is 3. The van der Waals surface area contributed by atoms with Gasteiger partial charge >= 0.3 is 6.18 Å². The molecule has 0 saturated carbocycles. The minimum Gasteiger partial charge on any atom is -0.352 e. The Morgan fingerprint density at radius 1 is 1.33 bits per heavy atom. The van der Waals surface area contributed by atoms with Crippen LogP contribution >= 0.6 is 0 Å². The first kappa shape index (κ1) is 18.0. The Balaban J connectivity index is 1.89. The summed E-state index contributed by atoms with van der Waals surface area (Å²) in [5, 5.41) is 7.06. The molecule has 2 rings (SSSR count). The standard InChI is InChI=1S/C16H19F3N4O/c1-10(9-23-12(3)6-11(2)22-23)7-21-15(24)13-4-5-14(20-8-13)16(17,18)19/h4-6,8,10H,7,9H2,1-3H3,(H,21,24). The molecule has 1 amide bonds. The lowest BCUT2D eigenvalue weighted by Gasteiger charge is -2.14. The van der Waals surface area contributed by atoms with Gasteiger partial charge in [-0.1, -0.05) is 6.92 Å². The molecule has 0 aliphatic carbocycles. The van der Waals surface area contributed by atoms with Crippen LogP contribution in [-0.2, 0) is 12.7 Å². The van der Waals surface area contributed by atoms with Crippen LogP contribution in [0.15, 0.2) is 24.4 Å². The van der Waals surface area contributed by atoms with Gasteiger partial charge in [0.1, 0.15) is 5.69 Å². The summed E-state index contributed by atoms with van der Waals surface area (Å²) in [6.45, 7) is 6.86. The lowest BCUT2D eigenvalue weighted by Crippen LogP contribution is -2.30. The van der Waals surface area contributed by atoms with Gasteiger partial charge in [-0.25, -0.2) is 0 Å². The average Bonchev–Trinajstić information content (AvgIpc) is 2.81. The number of aromatic nitrogens is 3. The molecule has 5 nitrogen and oxygen atoms in total. The minimum absolute atomic E-state index is 0.0984. The van der Waals surface area contributed by atoms with Crippen molar-refractivity contribution in [2.24, 2.45) is 5.92 Å². The first-order valence-corrected chi connectivity index (χ1v) is 7.49. The van der Waals surface area contributed by atoms with E-state index in [0.717, 1.165) is 29.7 Å². The van der Waals surface area contributed by atoms with E-state index in [1.165, 1.54) is 0 Å². The third-order valence-electron chi connectivity index (χ3n) is 3.52. The molecule has 1 N–H and O–H groups in total. The third kappa shape index (κ3) is 4.56. The second-order valence-electron chi connectivity index (χ2n) is 5.85. The lowest BCUT2D eigenvalue weighted by molar-refractivity contribution is -0.141. The molecule has 24 heavy (non-hydrogen) atoms. The largest absolute Gasteiger partial charge is 0.433 e. The fourth-order valence-corrected chi connectivity index (χ4v) is 2.28. The summed E-state index contributed by atoms with van der Waals surface area (Å²) in [6, 6.07) is 3.89. The number of amides is 1. The van der Waals surface area contributed by atoms with E-state index in [9.17, 15) is 18.0 Å². The van der Waals surface area contributed by atoms with Gasteiger partial charge in [-0.2, -0.15) is 18.3 Å². The lowest BCUT2D eigenvalue weighted by atomic mass is 10.1. The Morgan fingerprint density at radius 3 is 2.54 bits per heavy atom. The summed E-state index contributed by atoms with van der Waals surface area (Å²) < 4.78 is 39.2. The molecule has 1 unspecified atom stereocenters. The van der Waals surface area contributed by atoms with Crippen molar-refractivity contribution in [3.05, 3.63) is 47.0 Å². The maximum absolute atomic E-state index is 12.4. The van der Waals surface area contributed by atoms with E-state index in [1.54, 1.807) is 0 Å². The summed E-state index contributed by atoms with van der Waals surface area (Å²) in [6.07, 6.45) is -3.58. The number of halogens is 3. The van der Waals surface area contributed by atoms with Crippen LogP contribution in [0.2, 0.25) is 0 Å². The maximum Gasteiger partial charge on any atom is 0.433 e. The Morgan fingerprint density at radius 2 is 2.04 bits per heavy atom. The van der Waals surface area contributed by atoms with Crippen molar-refractivity contribution < 1.29 is 18.0 Å². The number of carbonyl (C=O) groups excluding carboxylic acids is 1. The number of hydrogen-bond donors (Lipinski definition) is 1. The second kappa shape index (κ2) is 7.02. The van der Waals surface area contributed by atoms with Crippen LogP contribution in [0, 0.1) is 19.8 Å². The van der Waals surface area contributed by atoms with Gasteiger partial charge < -0.3 is 5.32 Å². The minimum atomic E-state index is -4.51. The summed E-state index contributed by atoms with van der Waals surface area (Å²) >= 11 is 0. The van der Waals surface area contributed by atoms with Gasteiger partial charge in [0.05, 0.1) is 11.3 Å².